The molecule has 0 saturated carbocycles. The molecule has 1 aromatic rings. The molecule has 2 saturated heterocycles. The molecule has 0 atom stereocenters. The fourth-order valence-electron chi connectivity index (χ4n) is 4.34. The van der Waals surface area contributed by atoms with E-state index in [0.717, 1.165) is 0 Å². The Labute approximate surface area is 177 Å². The van der Waals surface area contributed by atoms with Gasteiger partial charge in [0.2, 0.25) is 0 Å². The van der Waals surface area contributed by atoms with Crippen molar-refractivity contribution in [2.75, 3.05) is 13.2 Å². The van der Waals surface area contributed by atoms with Crippen LogP contribution in [0.3, 0.4) is 0 Å². The minimum absolute atomic E-state index is 0.217. The number of hydrogen-bond acceptors (Lipinski definition) is 6. The van der Waals surface area contributed by atoms with E-state index in [-0.39, 0.29) is 13.2 Å². The Morgan fingerprint density at radius 1 is 0.812 bits per heavy atom. The molecule has 0 aromatic heterocycles. The van der Waals surface area contributed by atoms with Crippen LogP contribution in [0.4, 0.5) is 27.2 Å². The molecule has 32 heavy (non-hydrogen) atoms. The van der Waals surface area contributed by atoms with Gasteiger partial charge in [0.25, 0.3) is 11.3 Å². The van der Waals surface area contributed by atoms with Crippen LogP contribution in [0, 0.1) is 23.3 Å². The smallest absolute Gasteiger partial charge is 0.358 e. The zero-order chi connectivity index (χ0) is 23.6. The summed E-state index contributed by atoms with van der Waals surface area (Å²) in [7, 11) is 0. The first kappa shape index (κ1) is 21.6. The second-order valence-corrected chi connectivity index (χ2v) is 7.11. The van der Waals surface area contributed by atoms with Crippen molar-refractivity contribution >= 4 is 24.0 Å². The topological polar surface area (TPSA) is 117 Å². The third-order valence-electron chi connectivity index (χ3n) is 5.63. The van der Waals surface area contributed by atoms with E-state index in [1.54, 1.807) is 0 Å². The van der Waals surface area contributed by atoms with Crippen LogP contribution in [0.2, 0.25) is 0 Å². The highest BCUT2D eigenvalue weighted by Gasteiger charge is 2.82. The van der Waals surface area contributed by atoms with E-state index in [9.17, 15) is 36.7 Å². The molecule has 1 aromatic carbocycles. The summed E-state index contributed by atoms with van der Waals surface area (Å²) in [6, 6.07) is -2.35. The van der Waals surface area contributed by atoms with E-state index in [1.807, 2.05) is 0 Å². The molecule has 10 nitrogen and oxygen atoms in total. The third kappa shape index (κ3) is 2.34. The van der Waals surface area contributed by atoms with Crippen LogP contribution in [0.15, 0.2) is 0 Å². The van der Waals surface area contributed by atoms with Crippen LogP contribution < -0.4 is 10.6 Å². The Balaban J connectivity index is 2.04. The molecular formula is C18H16F4N4O6. The van der Waals surface area contributed by atoms with E-state index in [1.165, 1.54) is 13.8 Å². The molecule has 14 heteroatoms. The summed E-state index contributed by atoms with van der Waals surface area (Å²) >= 11 is 0. The van der Waals surface area contributed by atoms with Crippen molar-refractivity contribution in [3.8, 4) is 0 Å². The van der Waals surface area contributed by atoms with Crippen molar-refractivity contribution in [1.29, 1.82) is 0 Å². The van der Waals surface area contributed by atoms with Gasteiger partial charge >= 0.3 is 24.0 Å². The average Bonchev–Trinajstić information content (AvgIpc) is 3.04. The number of nitrogens with zero attached hydrogens (tertiary/aromatic N) is 2. The number of nitrogens with one attached hydrogen (secondary N) is 2. The molecule has 0 radical (unpaired) electrons. The number of benzene rings is 1. The summed E-state index contributed by atoms with van der Waals surface area (Å²) in [6.07, 6.45) is 0. The second-order valence-electron chi connectivity index (χ2n) is 7.11. The zero-order valence-corrected chi connectivity index (χ0v) is 16.7. The Morgan fingerprint density at radius 3 is 1.62 bits per heavy atom. The predicted octanol–water partition coefficient (Wildman–Crippen LogP) is 0.826. The van der Waals surface area contributed by atoms with Crippen LogP contribution >= 0.6 is 0 Å². The second kappa shape index (κ2) is 6.97. The standard InChI is InChI=1S/C18H16F4N4O6/c1-3-31-13(27)17-18(14(28)32-4-2)25(15(29)23-17)5-7-8(6-26(18)16(30)24-17)10(20)12(22)11(21)9(7)19/h3-6H2,1-2H3,(H,23,29)(H,24,30). The summed E-state index contributed by atoms with van der Waals surface area (Å²) in [5, 5.41) is 4.34. The van der Waals surface area contributed by atoms with Crippen molar-refractivity contribution < 1.29 is 46.2 Å². The van der Waals surface area contributed by atoms with Gasteiger partial charge in [-0.05, 0) is 13.8 Å². The van der Waals surface area contributed by atoms with Gasteiger partial charge in [-0.15, -0.1) is 0 Å². The Bertz CT molecular complexity index is 1020. The maximum absolute atomic E-state index is 14.6. The monoisotopic (exact) mass is 460 g/mol. The van der Waals surface area contributed by atoms with E-state index in [4.69, 9.17) is 9.47 Å². The van der Waals surface area contributed by atoms with Crippen LogP contribution in [-0.4, -0.2) is 58.3 Å². The van der Waals surface area contributed by atoms with Gasteiger partial charge in [0, 0.05) is 11.1 Å². The summed E-state index contributed by atoms with van der Waals surface area (Å²) < 4.78 is 67.1. The number of urea groups is 2. The highest BCUT2D eigenvalue weighted by atomic mass is 19.2. The van der Waals surface area contributed by atoms with E-state index in [2.05, 4.69) is 10.6 Å². The van der Waals surface area contributed by atoms with Crippen LogP contribution in [0.1, 0.15) is 25.0 Å². The first-order chi connectivity index (χ1) is 15.1. The summed E-state index contributed by atoms with van der Waals surface area (Å²) in [6.45, 7) is 0.364. The normalized spacial score (nSPS) is 25.6. The molecule has 172 valence electrons. The SMILES string of the molecule is CCOC(=O)C12NC(=O)N3Cc4c(F)c(F)c(F)c(F)c4CN(C(=O)N1)C32C(=O)OCC. The molecule has 0 spiro atoms. The molecular weight excluding hydrogens is 444 g/mol. The number of amides is 4. The minimum atomic E-state index is -2.64. The molecule has 2 fully saturated rings. The number of esters is 2. The van der Waals surface area contributed by atoms with Gasteiger partial charge in [-0.1, -0.05) is 0 Å². The fourth-order valence-corrected chi connectivity index (χ4v) is 4.34. The molecule has 3 heterocycles. The third-order valence-corrected chi connectivity index (χ3v) is 5.63. The number of carbonyl (C=O) groups is 4. The number of carbonyl (C=O) groups excluding carboxylic acids is 4. The number of hydrogen-bond donors (Lipinski definition) is 2. The number of rotatable bonds is 4. The highest BCUT2D eigenvalue weighted by Crippen LogP contribution is 2.47. The first-order valence-corrected chi connectivity index (χ1v) is 9.46. The van der Waals surface area contributed by atoms with E-state index in [0.29, 0.717) is 9.80 Å². The maximum atomic E-state index is 14.6. The van der Waals surface area contributed by atoms with Gasteiger partial charge in [-0.2, -0.15) is 0 Å². The summed E-state index contributed by atoms with van der Waals surface area (Å²) in [5.41, 5.74) is -6.81. The predicted molar refractivity (Wildman–Crippen MR) is 93.2 cm³/mol. The van der Waals surface area contributed by atoms with Gasteiger partial charge in [0.15, 0.2) is 23.3 Å². The number of fused-ring (bicyclic) bond motifs is 1. The highest BCUT2D eigenvalue weighted by molar-refractivity contribution is 6.09. The summed E-state index contributed by atoms with van der Waals surface area (Å²) in [5.74, 6) is -10.4. The van der Waals surface area contributed by atoms with Crippen LogP contribution in [0.5, 0.6) is 0 Å². The van der Waals surface area contributed by atoms with Gasteiger partial charge in [0.1, 0.15) is 0 Å². The van der Waals surface area contributed by atoms with E-state index < -0.39 is 82.8 Å². The first-order valence-electron chi connectivity index (χ1n) is 9.46. The largest absolute Gasteiger partial charge is 0.463 e. The van der Waals surface area contributed by atoms with Crippen molar-refractivity contribution in [3.63, 3.8) is 0 Å². The molecule has 2 N–H and O–H groups in total. The molecule has 0 bridgehead atoms. The lowest BCUT2D eigenvalue weighted by molar-refractivity contribution is -0.178. The Morgan fingerprint density at radius 2 is 1.22 bits per heavy atom. The molecule has 4 rings (SSSR count). The quantitative estimate of drug-likeness (QED) is 0.298. The zero-order valence-electron chi connectivity index (χ0n) is 16.7. The van der Waals surface area contributed by atoms with Gasteiger partial charge < -0.3 is 20.1 Å². The van der Waals surface area contributed by atoms with Crippen molar-refractivity contribution in [3.05, 3.63) is 34.4 Å². The molecule has 3 aliphatic heterocycles. The lowest BCUT2D eigenvalue weighted by atomic mass is 9.93. The maximum Gasteiger partial charge on any atom is 0.358 e. The number of halogens is 4. The van der Waals surface area contributed by atoms with E-state index >= 15 is 0 Å². The van der Waals surface area contributed by atoms with Gasteiger partial charge in [0.05, 0.1) is 26.3 Å². The lowest BCUT2D eigenvalue weighted by Gasteiger charge is -2.40. The lowest BCUT2D eigenvalue weighted by Crippen LogP contribution is -2.74. The summed E-state index contributed by atoms with van der Waals surface area (Å²) in [4.78, 5) is 53.0. The molecule has 3 aliphatic rings. The average molecular weight is 460 g/mol. The van der Waals surface area contributed by atoms with Gasteiger partial charge in [-0.25, -0.2) is 36.7 Å². The van der Waals surface area contributed by atoms with Crippen LogP contribution in [-0.2, 0) is 32.2 Å². The molecule has 0 aliphatic carbocycles. The minimum Gasteiger partial charge on any atom is -0.463 e. The molecule has 0 unspecified atom stereocenters. The van der Waals surface area contributed by atoms with Crippen molar-refractivity contribution in [2.24, 2.45) is 0 Å². The number of ether oxygens (including phenoxy) is 2. The van der Waals surface area contributed by atoms with Crippen molar-refractivity contribution in [2.45, 2.75) is 38.3 Å². The fraction of sp³-hybridized carbons (Fsp3) is 0.444. The Hall–Kier alpha value is -3.58. The van der Waals surface area contributed by atoms with Crippen LogP contribution in [0.25, 0.3) is 0 Å². The van der Waals surface area contributed by atoms with Crippen molar-refractivity contribution in [1.82, 2.24) is 20.4 Å². The molecule has 4 amide bonds. The Kier molecular flexibility index (Phi) is 4.71. The van der Waals surface area contributed by atoms with Gasteiger partial charge in [-0.3, -0.25) is 9.80 Å².